The summed E-state index contributed by atoms with van der Waals surface area (Å²) in [5.74, 6) is -0.356. The highest BCUT2D eigenvalue weighted by Crippen LogP contribution is 2.35. The Balaban J connectivity index is 2.71. The van der Waals surface area contributed by atoms with Crippen molar-refractivity contribution in [2.75, 3.05) is 4.43 Å². The molecule has 0 radical (unpaired) electrons. The molecule has 0 aromatic rings. The van der Waals surface area contributed by atoms with Gasteiger partial charge in [-0.05, 0) is 17.3 Å². The topological polar surface area (TPSA) is 46.2 Å². The fourth-order valence-corrected chi connectivity index (χ4v) is 2.06. The summed E-state index contributed by atoms with van der Waals surface area (Å²) < 4.78 is 1.03. The van der Waals surface area contributed by atoms with Crippen LogP contribution in [-0.4, -0.2) is 16.2 Å². The minimum Gasteiger partial charge on any atom is -0.296 e. The molecule has 0 aromatic heterocycles. The second kappa shape index (κ2) is 3.94. The molecule has 0 spiro atoms. The first-order chi connectivity index (χ1) is 6.00. The maximum atomic E-state index is 11.4. The predicted molar refractivity (Wildman–Crippen MR) is 58.5 cm³/mol. The van der Waals surface area contributed by atoms with Crippen LogP contribution >= 0.6 is 22.6 Å². The summed E-state index contributed by atoms with van der Waals surface area (Å²) in [6, 6.07) is 0. The number of alkyl halides is 1. The standard InChI is InChI=1S/C9H14INO2/c1-9(2)6(4-3-5-10)7(12)11-8(9)13/h6H,3-5H2,1-2H3,(H,11,12,13)/t6-/m1/s1. The lowest BCUT2D eigenvalue weighted by molar-refractivity contribution is -0.127. The quantitative estimate of drug-likeness (QED) is 0.487. The third kappa shape index (κ3) is 2.03. The average molecular weight is 295 g/mol. The van der Waals surface area contributed by atoms with Gasteiger partial charge in [0.25, 0.3) is 0 Å². The Hall–Kier alpha value is -0.130. The molecule has 1 aliphatic rings. The van der Waals surface area contributed by atoms with Crippen LogP contribution in [0.5, 0.6) is 0 Å². The van der Waals surface area contributed by atoms with Gasteiger partial charge in [-0.25, -0.2) is 0 Å². The molecule has 0 bridgehead atoms. The van der Waals surface area contributed by atoms with Crippen molar-refractivity contribution in [3.63, 3.8) is 0 Å². The summed E-state index contributed by atoms with van der Waals surface area (Å²) in [7, 11) is 0. The largest absolute Gasteiger partial charge is 0.296 e. The van der Waals surface area contributed by atoms with E-state index in [1.165, 1.54) is 0 Å². The number of hydrogen-bond acceptors (Lipinski definition) is 2. The third-order valence-electron chi connectivity index (χ3n) is 2.64. The zero-order chi connectivity index (χ0) is 10.1. The van der Waals surface area contributed by atoms with Gasteiger partial charge in [-0.1, -0.05) is 36.4 Å². The van der Waals surface area contributed by atoms with Crippen LogP contribution in [0.25, 0.3) is 0 Å². The number of hydrogen-bond donors (Lipinski definition) is 1. The Labute approximate surface area is 91.8 Å². The molecule has 0 aliphatic carbocycles. The molecule has 0 unspecified atom stereocenters. The van der Waals surface area contributed by atoms with Gasteiger partial charge in [0.2, 0.25) is 11.8 Å². The third-order valence-corrected chi connectivity index (χ3v) is 3.40. The number of carbonyl (C=O) groups is 2. The van der Waals surface area contributed by atoms with Gasteiger partial charge < -0.3 is 0 Å². The lowest BCUT2D eigenvalue weighted by atomic mass is 9.79. The van der Waals surface area contributed by atoms with Crippen LogP contribution in [0.3, 0.4) is 0 Å². The summed E-state index contributed by atoms with van der Waals surface area (Å²) in [5, 5.41) is 2.39. The summed E-state index contributed by atoms with van der Waals surface area (Å²) in [5.41, 5.74) is -0.511. The fourth-order valence-electron chi connectivity index (χ4n) is 1.62. The van der Waals surface area contributed by atoms with Crippen LogP contribution in [0.2, 0.25) is 0 Å². The van der Waals surface area contributed by atoms with Crippen molar-refractivity contribution >= 4 is 34.4 Å². The van der Waals surface area contributed by atoms with E-state index < -0.39 is 5.41 Å². The molecule has 74 valence electrons. The number of halogens is 1. The first-order valence-corrected chi connectivity index (χ1v) is 5.94. The van der Waals surface area contributed by atoms with E-state index in [1.54, 1.807) is 0 Å². The van der Waals surface area contributed by atoms with E-state index >= 15 is 0 Å². The molecule has 1 N–H and O–H groups in total. The van der Waals surface area contributed by atoms with Gasteiger partial charge in [-0.15, -0.1) is 0 Å². The van der Waals surface area contributed by atoms with Crippen LogP contribution < -0.4 is 5.32 Å². The number of imide groups is 1. The molecule has 13 heavy (non-hydrogen) atoms. The summed E-state index contributed by atoms with van der Waals surface area (Å²) in [6.07, 6.45) is 1.81. The SMILES string of the molecule is CC1(C)C(=O)NC(=O)[C@H]1CCCI. The van der Waals surface area contributed by atoms with Crippen molar-refractivity contribution in [3.8, 4) is 0 Å². The number of carbonyl (C=O) groups excluding carboxylic acids is 2. The normalized spacial score (nSPS) is 26.2. The summed E-state index contributed by atoms with van der Waals surface area (Å²) >= 11 is 2.28. The van der Waals surface area contributed by atoms with Gasteiger partial charge in [0.1, 0.15) is 0 Å². The highest BCUT2D eigenvalue weighted by Gasteiger charge is 2.47. The number of amides is 2. The fraction of sp³-hybridized carbons (Fsp3) is 0.778. The molecule has 1 saturated heterocycles. The van der Waals surface area contributed by atoms with Crippen LogP contribution in [-0.2, 0) is 9.59 Å². The molecule has 1 fully saturated rings. The zero-order valence-corrected chi connectivity index (χ0v) is 10.1. The lowest BCUT2D eigenvalue weighted by Gasteiger charge is -2.20. The van der Waals surface area contributed by atoms with Gasteiger partial charge >= 0.3 is 0 Å². The molecule has 2 amide bonds. The van der Waals surface area contributed by atoms with Crippen molar-refractivity contribution in [1.82, 2.24) is 5.32 Å². The van der Waals surface area contributed by atoms with Gasteiger partial charge in [-0.3, -0.25) is 14.9 Å². The van der Waals surface area contributed by atoms with Crippen LogP contribution in [0.15, 0.2) is 0 Å². The molecule has 1 heterocycles. The van der Waals surface area contributed by atoms with Gasteiger partial charge in [0.15, 0.2) is 0 Å². The predicted octanol–water partition coefficient (Wildman–Crippen LogP) is 1.50. The number of nitrogens with one attached hydrogen (secondary N) is 1. The molecule has 1 aliphatic heterocycles. The van der Waals surface area contributed by atoms with E-state index in [4.69, 9.17) is 0 Å². The molecular weight excluding hydrogens is 281 g/mol. The highest BCUT2D eigenvalue weighted by molar-refractivity contribution is 14.1. The zero-order valence-electron chi connectivity index (χ0n) is 7.89. The summed E-state index contributed by atoms with van der Waals surface area (Å²) in [4.78, 5) is 22.7. The van der Waals surface area contributed by atoms with Crippen LogP contribution in [0.1, 0.15) is 26.7 Å². The monoisotopic (exact) mass is 295 g/mol. The van der Waals surface area contributed by atoms with E-state index in [0.29, 0.717) is 0 Å². The molecule has 0 saturated carbocycles. The Morgan fingerprint density at radius 2 is 2.08 bits per heavy atom. The maximum Gasteiger partial charge on any atom is 0.233 e. The van der Waals surface area contributed by atoms with E-state index in [0.717, 1.165) is 17.3 Å². The van der Waals surface area contributed by atoms with Crippen molar-refractivity contribution in [2.45, 2.75) is 26.7 Å². The number of rotatable bonds is 3. The van der Waals surface area contributed by atoms with Crippen molar-refractivity contribution in [1.29, 1.82) is 0 Å². The highest BCUT2D eigenvalue weighted by atomic mass is 127. The van der Waals surface area contributed by atoms with Gasteiger partial charge in [-0.2, -0.15) is 0 Å². The Kier molecular flexibility index (Phi) is 3.32. The van der Waals surface area contributed by atoms with E-state index in [1.807, 2.05) is 13.8 Å². The van der Waals surface area contributed by atoms with E-state index in [2.05, 4.69) is 27.9 Å². The summed E-state index contributed by atoms with van der Waals surface area (Å²) in [6.45, 7) is 3.68. The second-order valence-corrected chi connectivity index (χ2v) is 5.00. The molecule has 1 atom stereocenters. The first kappa shape index (κ1) is 10.9. The van der Waals surface area contributed by atoms with Crippen molar-refractivity contribution < 1.29 is 9.59 Å². The van der Waals surface area contributed by atoms with Crippen LogP contribution in [0.4, 0.5) is 0 Å². The smallest absolute Gasteiger partial charge is 0.233 e. The van der Waals surface area contributed by atoms with Crippen molar-refractivity contribution in [3.05, 3.63) is 0 Å². The Morgan fingerprint density at radius 1 is 1.46 bits per heavy atom. The second-order valence-electron chi connectivity index (χ2n) is 3.92. The van der Waals surface area contributed by atoms with Crippen molar-refractivity contribution in [2.24, 2.45) is 11.3 Å². The molecule has 0 aromatic carbocycles. The molecule has 4 heteroatoms. The Morgan fingerprint density at radius 3 is 2.46 bits per heavy atom. The van der Waals surface area contributed by atoms with Crippen LogP contribution in [0, 0.1) is 11.3 Å². The minimum atomic E-state index is -0.511. The molecular formula is C9H14INO2. The van der Waals surface area contributed by atoms with Gasteiger partial charge in [0, 0.05) is 0 Å². The van der Waals surface area contributed by atoms with E-state index in [-0.39, 0.29) is 17.7 Å². The molecule has 1 rings (SSSR count). The Bertz CT molecular complexity index is 238. The lowest BCUT2D eigenvalue weighted by Crippen LogP contribution is -2.28. The maximum absolute atomic E-state index is 11.4. The molecule has 3 nitrogen and oxygen atoms in total. The van der Waals surface area contributed by atoms with Gasteiger partial charge in [0.05, 0.1) is 11.3 Å². The minimum absolute atomic E-state index is 0.0974. The van der Waals surface area contributed by atoms with E-state index in [9.17, 15) is 9.59 Å². The average Bonchev–Trinajstić information content (AvgIpc) is 2.21. The first-order valence-electron chi connectivity index (χ1n) is 4.41.